The Morgan fingerprint density at radius 3 is 2.69 bits per heavy atom. The molecule has 16 heavy (non-hydrogen) atoms. The van der Waals surface area contributed by atoms with Gasteiger partial charge in [0.25, 0.3) is 0 Å². The molecule has 0 radical (unpaired) electrons. The smallest absolute Gasteiger partial charge is 0.0512 e. The van der Waals surface area contributed by atoms with Crippen molar-refractivity contribution in [1.82, 2.24) is 5.32 Å². The van der Waals surface area contributed by atoms with Crippen LogP contribution in [0.4, 0.5) is 0 Å². The monoisotopic (exact) mass is 225 g/mol. The normalized spacial score (nSPS) is 32.6. The number of hydrogen-bond donors (Lipinski definition) is 2. The van der Waals surface area contributed by atoms with Gasteiger partial charge < -0.3 is 10.4 Å². The molecule has 3 atom stereocenters. The van der Waals surface area contributed by atoms with E-state index in [-0.39, 0.29) is 6.10 Å². The molecular formula is C14H27NO. The number of rotatable bonds is 6. The second kappa shape index (κ2) is 6.02. The molecule has 0 aromatic rings. The highest BCUT2D eigenvalue weighted by molar-refractivity contribution is 4.87. The lowest BCUT2D eigenvalue weighted by atomic mass is 9.82. The summed E-state index contributed by atoms with van der Waals surface area (Å²) in [5, 5.41) is 12.9. The molecule has 0 saturated heterocycles. The van der Waals surface area contributed by atoms with Gasteiger partial charge in [0.2, 0.25) is 0 Å². The molecule has 2 aliphatic carbocycles. The molecule has 3 unspecified atom stereocenters. The van der Waals surface area contributed by atoms with Gasteiger partial charge in [-0.1, -0.05) is 12.8 Å². The van der Waals surface area contributed by atoms with Gasteiger partial charge in [-0.2, -0.15) is 0 Å². The first-order chi connectivity index (χ1) is 7.75. The van der Waals surface area contributed by atoms with E-state index in [4.69, 9.17) is 0 Å². The molecule has 94 valence electrons. The fourth-order valence-corrected chi connectivity index (χ4v) is 3.11. The molecule has 0 spiro atoms. The van der Waals surface area contributed by atoms with E-state index in [1.807, 2.05) is 6.92 Å². The van der Waals surface area contributed by atoms with Crippen molar-refractivity contribution in [2.24, 2.45) is 11.8 Å². The Morgan fingerprint density at radius 1 is 1.19 bits per heavy atom. The molecule has 2 heteroatoms. The van der Waals surface area contributed by atoms with Crippen LogP contribution in [-0.4, -0.2) is 23.8 Å². The molecule has 2 aliphatic rings. The van der Waals surface area contributed by atoms with Crippen LogP contribution in [0.2, 0.25) is 0 Å². The highest BCUT2D eigenvalue weighted by Gasteiger charge is 2.34. The molecule has 0 amide bonds. The third-order valence-corrected chi connectivity index (χ3v) is 4.24. The average molecular weight is 225 g/mol. The minimum atomic E-state index is -0.132. The molecule has 0 aliphatic heterocycles. The van der Waals surface area contributed by atoms with Crippen LogP contribution in [0.25, 0.3) is 0 Å². The minimum absolute atomic E-state index is 0.132. The van der Waals surface area contributed by atoms with Crippen LogP contribution < -0.4 is 5.32 Å². The summed E-state index contributed by atoms with van der Waals surface area (Å²) < 4.78 is 0. The Hall–Kier alpha value is -0.0800. The highest BCUT2D eigenvalue weighted by atomic mass is 16.3. The SMILES string of the molecule is CC(O)CCCNC1CCCC(C2CC2)C1. The molecule has 2 rings (SSSR count). The van der Waals surface area contributed by atoms with Gasteiger partial charge in [-0.05, 0) is 63.8 Å². The summed E-state index contributed by atoms with van der Waals surface area (Å²) >= 11 is 0. The van der Waals surface area contributed by atoms with Gasteiger partial charge in [0.15, 0.2) is 0 Å². The van der Waals surface area contributed by atoms with Crippen LogP contribution in [0.1, 0.15) is 58.3 Å². The zero-order chi connectivity index (χ0) is 11.4. The average Bonchev–Trinajstić information content (AvgIpc) is 3.08. The van der Waals surface area contributed by atoms with Gasteiger partial charge in [0.05, 0.1) is 6.10 Å². The molecular weight excluding hydrogens is 198 g/mol. The van der Waals surface area contributed by atoms with E-state index in [0.717, 1.165) is 37.3 Å². The summed E-state index contributed by atoms with van der Waals surface area (Å²) in [5.41, 5.74) is 0. The van der Waals surface area contributed by atoms with Crippen LogP contribution in [0.15, 0.2) is 0 Å². The molecule has 2 saturated carbocycles. The second-order valence-corrected chi connectivity index (χ2v) is 5.91. The maximum absolute atomic E-state index is 9.18. The third-order valence-electron chi connectivity index (χ3n) is 4.24. The third kappa shape index (κ3) is 4.06. The van der Waals surface area contributed by atoms with E-state index < -0.39 is 0 Å². The molecule has 0 aromatic carbocycles. The van der Waals surface area contributed by atoms with Crippen molar-refractivity contribution in [2.75, 3.05) is 6.54 Å². The Labute approximate surface area is 99.8 Å². The lowest BCUT2D eigenvalue weighted by Gasteiger charge is -2.30. The fourth-order valence-electron chi connectivity index (χ4n) is 3.11. The summed E-state index contributed by atoms with van der Waals surface area (Å²) in [5.74, 6) is 2.12. The van der Waals surface area contributed by atoms with E-state index in [1.165, 1.54) is 38.5 Å². The Balaban J connectivity index is 1.57. The van der Waals surface area contributed by atoms with Crippen LogP contribution in [0.5, 0.6) is 0 Å². The summed E-state index contributed by atoms with van der Waals surface area (Å²) in [4.78, 5) is 0. The van der Waals surface area contributed by atoms with Gasteiger partial charge in [0, 0.05) is 6.04 Å². The zero-order valence-electron chi connectivity index (χ0n) is 10.6. The van der Waals surface area contributed by atoms with Crippen LogP contribution in [0, 0.1) is 11.8 Å². The van der Waals surface area contributed by atoms with Gasteiger partial charge in [0.1, 0.15) is 0 Å². The number of nitrogens with one attached hydrogen (secondary N) is 1. The molecule has 2 N–H and O–H groups in total. The Morgan fingerprint density at radius 2 is 2.00 bits per heavy atom. The quantitative estimate of drug-likeness (QED) is 0.681. The first-order valence-corrected chi connectivity index (χ1v) is 7.17. The number of hydrogen-bond acceptors (Lipinski definition) is 2. The van der Waals surface area contributed by atoms with Crippen molar-refractivity contribution < 1.29 is 5.11 Å². The maximum Gasteiger partial charge on any atom is 0.0512 e. The number of aliphatic hydroxyl groups excluding tert-OH is 1. The lowest BCUT2D eigenvalue weighted by molar-refractivity contribution is 0.179. The predicted molar refractivity (Wildman–Crippen MR) is 67.4 cm³/mol. The van der Waals surface area contributed by atoms with Crippen LogP contribution in [0.3, 0.4) is 0 Å². The van der Waals surface area contributed by atoms with Gasteiger partial charge in [-0.15, -0.1) is 0 Å². The van der Waals surface area contributed by atoms with E-state index in [2.05, 4.69) is 5.32 Å². The second-order valence-electron chi connectivity index (χ2n) is 5.91. The van der Waals surface area contributed by atoms with E-state index >= 15 is 0 Å². The van der Waals surface area contributed by atoms with Gasteiger partial charge in [-0.3, -0.25) is 0 Å². The van der Waals surface area contributed by atoms with Crippen molar-refractivity contribution in [2.45, 2.75) is 70.4 Å². The van der Waals surface area contributed by atoms with E-state index in [0.29, 0.717) is 0 Å². The molecule has 0 heterocycles. The zero-order valence-corrected chi connectivity index (χ0v) is 10.6. The molecule has 2 fully saturated rings. The minimum Gasteiger partial charge on any atom is -0.393 e. The maximum atomic E-state index is 9.18. The van der Waals surface area contributed by atoms with Crippen molar-refractivity contribution in [1.29, 1.82) is 0 Å². The Bertz CT molecular complexity index is 201. The molecule has 0 aromatic heterocycles. The summed E-state index contributed by atoms with van der Waals surface area (Å²) in [6.07, 6.45) is 10.6. The Kier molecular flexibility index (Phi) is 4.66. The summed E-state index contributed by atoms with van der Waals surface area (Å²) in [6.45, 7) is 2.97. The fraction of sp³-hybridized carbons (Fsp3) is 1.00. The van der Waals surface area contributed by atoms with E-state index in [9.17, 15) is 5.11 Å². The topological polar surface area (TPSA) is 32.3 Å². The van der Waals surface area contributed by atoms with Gasteiger partial charge in [-0.25, -0.2) is 0 Å². The van der Waals surface area contributed by atoms with E-state index in [1.54, 1.807) is 0 Å². The first-order valence-electron chi connectivity index (χ1n) is 7.17. The lowest BCUT2D eigenvalue weighted by Crippen LogP contribution is -2.35. The molecule has 2 nitrogen and oxygen atoms in total. The van der Waals surface area contributed by atoms with Gasteiger partial charge >= 0.3 is 0 Å². The number of aliphatic hydroxyl groups is 1. The van der Waals surface area contributed by atoms with Crippen molar-refractivity contribution in [3.8, 4) is 0 Å². The molecule has 0 bridgehead atoms. The van der Waals surface area contributed by atoms with Crippen molar-refractivity contribution in [3.05, 3.63) is 0 Å². The summed E-state index contributed by atoms with van der Waals surface area (Å²) in [6, 6.07) is 0.772. The van der Waals surface area contributed by atoms with Crippen LogP contribution >= 0.6 is 0 Å². The van der Waals surface area contributed by atoms with Crippen LogP contribution in [-0.2, 0) is 0 Å². The predicted octanol–water partition coefficient (Wildman–Crippen LogP) is 2.71. The first kappa shape index (κ1) is 12.4. The highest BCUT2D eigenvalue weighted by Crippen LogP contribution is 2.43. The standard InChI is InChI=1S/C14H27NO/c1-11(16)4-3-9-15-14-6-2-5-13(10-14)12-7-8-12/h11-16H,2-10H2,1H3. The largest absolute Gasteiger partial charge is 0.393 e. The van der Waals surface area contributed by atoms with Crippen molar-refractivity contribution in [3.63, 3.8) is 0 Å². The summed E-state index contributed by atoms with van der Waals surface area (Å²) in [7, 11) is 0. The van der Waals surface area contributed by atoms with Crippen molar-refractivity contribution >= 4 is 0 Å².